The van der Waals surface area contributed by atoms with E-state index in [0.29, 0.717) is 22.6 Å². The molecule has 8 nitrogen and oxygen atoms in total. The number of anilines is 1. The Kier molecular flexibility index (Phi) is 10.9. The Morgan fingerprint density at radius 1 is 1.16 bits per heavy atom. The van der Waals surface area contributed by atoms with Crippen molar-refractivity contribution in [2.45, 2.75) is 37.9 Å². The van der Waals surface area contributed by atoms with Gasteiger partial charge in [-0.25, -0.2) is 4.98 Å². The van der Waals surface area contributed by atoms with Crippen molar-refractivity contribution in [1.82, 2.24) is 13.9 Å². The Hall–Kier alpha value is -3.37. The third-order valence-electron chi connectivity index (χ3n) is 7.77. The Labute approximate surface area is 263 Å². The molecule has 0 bridgehead atoms. The lowest BCUT2D eigenvalue weighted by Gasteiger charge is -2.33. The summed E-state index contributed by atoms with van der Waals surface area (Å²) in [5.74, 6) is 1.02. The molecular weight excluding hydrogens is 580 g/mol. The molecule has 0 spiro atoms. The van der Waals surface area contributed by atoms with Crippen LogP contribution in [0.5, 0.6) is 0 Å². The van der Waals surface area contributed by atoms with E-state index in [1.165, 1.54) is 18.9 Å². The lowest BCUT2D eigenvalue weighted by Crippen LogP contribution is -2.44. The van der Waals surface area contributed by atoms with Crippen LogP contribution in [0.1, 0.15) is 42.1 Å². The Balaban J connectivity index is 0.000000330. The van der Waals surface area contributed by atoms with E-state index in [9.17, 15) is 9.59 Å². The first-order valence-corrected chi connectivity index (χ1v) is 15.6. The molecule has 5 rings (SSSR count). The molecule has 1 aliphatic heterocycles. The fourth-order valence-electron chi connectivity index (χ4n) is 5.12. The molecule has 2 aromatic heterocycles. The van der Waals surface area contributed by atoms with Gasteiger partial charge in [0.2, 0.25) is 0 Å². The normalized spacial score (nSPS) is 17.1. The first kappa shape index (κ1) is 32.5. The van der Waals surface area contributed by atoms with E-state index < -0.39 is 0 Å². The zero-order chi connectivity index (χ0) is 31.1. The molecule has 2 fully saturated rings. The summed E-state index contributed by atoms with van der Waals surface area (Å²) in [5, 5.41) is 1.36. The van der Waals surface area contributed by atoms with Crippen LogP contribution in [0.15, 0.2) is 71.7 Å². The summed E-state index contributed by atoms with van der Waals surface area (Å²) >= 11 is 7.53. The minimum atomic E-state index is 0.131. The molecule has 3 aromatic rings. The molecule has 0 unspecified atom stereocenters. The van der Waals surface area contributed by atoms with Crippen molar-refractivity contribution in [3.8, 4) is 11.1 Å². The van der Waals surface area contributed by atoms with Crippen LogP contribution in [0, 0.1) is 6.92 Å². The second-order valence-electron chi connectivity index (χ2n) is 11.3. The van der Waals surface area contributed by atoms with Crippen molar-refractivity contribution in [3.63, 3.8) is 0 Å². The first-order chi connectivity index (χ1) is 20.6. The molecule has 0 amide bonds. The number of aromatic nitrogens is 2. The topological polar surface area (TPSA) is 110 Å². The van der Waals surface area contributed by atoms with Gasteiger partial charge in [0.1, 0.15) is 12.1 Å². The van der Waals surface area contributed by atoms with E-state index in [-0.39, 0.29) is 11.3 Å². The lowest BCUT2D eigenvalue weighted by molar-refractivity contribution is -0.104. The number of rotatable bonds is 10. The van der Waals surface area contributed by atoms with Crippen LogP contribution >= 0.6 is 23.5 Å². The third-order valence-corrected chi connectivity index (χ3v) is 9.58. The number of likely N-dealkylation sites (N-methyl/N-ethyl adjacent to an activating group) is 1. The van der Waals surface area contributed by atoms with Gasteiger partial charge in [-0.15, -0.1) is 6.58 Å². The Bertz CT molecular complexity index is 1530. The molecule has 4 N–H and O–H groups in total. The van der Waals surface area contributed by atoms with Gasteiger partial charge in [-0.05, 0) is 93.6 Å². The van der Waals surface area contributed by atoms with Gasteiger partial charge in [0, 0.05) is 82.7 Å². The summed E-state index contributed by atoms with van der Waals surface area (Å²) in [6.45, 7) is 12.0. The van der Waals surface area contributed by atoms with E-state index in [1.54, 1.807) is 6.92 Å². The van der Waals surface area contributed by atoms with Crippen LogP contribution in [0.2, 0.25) is 0 Å². The molecule has 1 aliphatic carbocycles. The number of piperazine rings is 1. The Morgan fingerprint density at radius 2 is 1.88 bits per heavy atom. The zero-order valence-corrected chi connectivity index (χ0v) is 26.8. The maximum absolute atomic E-state index is 12.0. The van der Waals surface area contributed by atoms with E-state index in [4.69, 9.17) is 28.1 Å². The Morgan fingerprint density at radius 3 is 2.42 bits per heavy atom. The number of nitrogens with two attached hydrogens (primary N) is 2. The van der Waals surface area contributed by atoms with Gasteiger partial charge < -0.3 is 21.3 Å². The molecule has 0 atom stereocenters. The van der Waals surface area contributed by atoms with Crippen molar-refractivity contribution >= 4 is 52.8 Å². The van der Waals surface area contributed by atoms with Gasteiger partial charge >= 0.3 is 0 Å². The zero-order valence-electron chi connectivity index (χ0n) is 25.2. The van der Waals surface area contributed by atoms with Gasteiger partial charge in [0.15, 0.2) is 6.29 Å². The molecule has 3 heterocycles. The quantitative estimate of drug-likeness (QED) is 0.129. The summed E-state index contributed by atoms with van der Waals surface area (Å²) in [6.07, 6.45) is 12.7. The summed E-state index contributed by atoms with van der Waals surface area (Å²) < 4.78 is 2.52. The summed E-state index contributed by atoms with van der Waals surface area (Å²) in [7, 11) is 2.16. The molecular formula is C33H41ClN6O2S. The number of allylic oxidation sites excluding steroid dienone is 4. The van der Waals surface area contributed by atoms with Gasteiger partial charge in [0.05, 0.1) is 5.52 Å². The highest BCUT2D eigenvalue weighted by atomic mass is 35.5. The second kappa shape index (κ2) is 14.4. The number of aryl methyl sites for hydroxylation is 1. The number of aldehydes is 2. The molecule has 43 heavy (non-hydrogen) atoms. The van der Waals surface area contributed by atoms with E-state index >= 15 is 0 Å². The molecule has 10 heteroatoms. The fraction of sp³-hybridized carbons (Fsp3) is 0.364. The highest BCUT2D eigenvalue weighted by Gasteiger charge is 2.43. The summed E-state index contributed by atoms with van der Waals surface area (Å²) in [5.41, 5.74) is 16.5. The first-order valence-electron chi connectivity index (χ1n) is 14.4. The molecule has 1 saturated heterocycles. The number of nitrogens with zero attached hydrogens (tertiary/aromatic N) is 4. The average Bonchev–Trinajstić information content (AvgIpc) is 3.68. The van der Waals surface area contributed by atoms with Crippen LogP contribution < -0.4 is 16.4 Å². The van der Waals surface area contributed by atoms with Crippen LogP contribution in [0.25, 0.3) is 22.0 Å². The van der Waals surface area contributed by atoms with Gasteiger partial charge in [-0.1, -0.05) is 17.7 Å². The largest absolute Gasteiger partial charge is 0.402 e. The number of pyridine rings is 1. The standard InChI is InChI=1S/C26H30N4OS.C7H11ClN2O/c1-4-7-26(8-9-26)32-30-17-19(2)25-22(18-31)14-21(15-23(25)30)20-5-6-24(27-16-20)29-12-10-28(3)11-13-29;1-5(10)2-7(8)6(3-9)4-11/h4-6,14-18H,1,7-13H2,2-3H3;2,4H,3,9-10H2,1H3/b;5-2-,7-6+. The molecule has 1 aromatic carbocycles. The van der Waals surface area contributed by atoms with E-state index in [2.05, 4.69) is 58.7 Å². The number of fused-ring (bicyclic) bond motifs is 1. The number of hydrogen-bond donors (Lipinski definition) is 2. The van der Waals surface area contributed by atoms with Crippen molar-refractivity contribution in [3.05, 3.63) is 82.8 Å². The summed E-state index contributed by atoms with van der Waals surface area (Å²) in [6, 6.07) is 8.44. The van der Waals surface area contributed by atoms with E-state index in [1.807, 2.05) is 30.3 Å². The second-order valence-corrected chi connectivity index (χ2v) is 13.1. The third kappa shape index (κ3) is 7.97. The molecule has 2 aliphatic rings. The SMILES string of the molecule is C/C(N)=C/C(Cl)=C(\C=O)CN.C=CCC1(Sn2cc(C)c3c(C=O)cc(-c4ccc(N5CCN(C)CC5)nc4)cc32)CC1. The predicted molar refractivity (Wildman–Crippen MR) is 181 cm³/mol. The number of benzene rings is 1. The highest BCUT2D eigenvalue weighted by Crippen LogP contribution is 2.53. The van der Waals surface area contributed by atoms with E-state index in [0.717, 1.165) is 77.9 Å². The van der Waals surface area contributed by atoms with Crippen LogP contribution in [-0.2, 0) is 4.79 Å². The number of halogens is 1. The number of hydrogen-bond acceptors (Lipinski definition) is 8. The van der Waals surface area contributed by atoms with Crippen molar-refractivity contribution < 1.29 is 9.59 Å². The van der Waals surface area contributed by atoms with Crippen molar-refractivity contribution in [1.29, 1.82) is 0 Å². The summed E-state index contributed by atoms with van der Waals surface area (Å²) in [4.78, 5) is 31.7. The van der Waals surface area contributed by atoms with Gasteiger partial charge in [-0.2, -0.15) is 0 Å². The van der Waals surface area contributed by atoms with Gasteiger partial charge in [-0.3, -0.25) is 13.6 Å². The van der Waals surface area contributed by atoms with Crippen molar-refractivity contribution in [2.75, 3.05) is 44.7 Å². The smallest absolute Gasteiger partial charge is 0.150 e. The van der Waals surface area contributed by atoms with Crippen LogP contribution in [0.3, 0.4) is 0 Å². The molecule has 0 radical (unpaired) electrons. The van der Waals surface area contributed by atoms with Crippen LogP contribution in [0.4, 0.5) is 5.82 Å². The predicted octanol–water partition coefficient (Wildman–Crippen LogP) is 5.68. The minimum absolute atomic E-state index is 0.131. The lowest BCUT2D eigenvalue weighted by atomic mass is 10.0. The number of carbonyl (C=O) groups excluding carboxylic acids is 2. The highest BCUT2D eigenvalue weighted by molar-refractivity contribution is 7.99. The monoisotopic (exact) mass is 620 g/mol. The average molecular weight is 621 g/mol. The number of carbonyl (C=O) groups is 2. The minimum Gasteiger partial charge on any atom is -0.402 e. The van der Waals surface area contributed by atoms with Crippen molar-refractivity contribution in [2.24, 2.45) is 11.5 Å². The fourth-order valence-corrected chi connectivity index (χ4v) is 6.76. The van der Waals surface area contributed by atoms with Gasteiger partial charge in [0.25, 0.3) is 0 Å². The molecule has 228 valence electrons. The maximum Gasteiger partial charge on any atom is 0.150 e. The van der Waals surface area contributed by atoms with Crippen LogP contribution in [-0.4, -0.2) is 70.9 Å². The maximum atomic E-state index is 12.0. The molecule has 1 saturated carbocycles.